The minimum Gasteiger partial charge on any atom is -0.393 e. The number of benzene rings is 1. The Balaban J connectivity index is 1.97. The van der Waals surface area contributed by atoms with Gasteiger partial charge in [0.1, 0.15) is 0 Å². The summed E-state index contributed by atoms with van der Waals surface area (Å²) in [5, 5.41) is 12.7. The standard InChI is InChI=1S/C14H22N2O/c1-11(17)7-9-16(2)10-13-5-3-4-12-6-8-15-14(12)13/h3-5,11,15,17H,6-10H2,1-2H3. The number of hydrogen-bond donors (Lipinski definition) is 2. The number of anilines is 1. The largest absolute Gasteiger partial charge is 0.393 e. The zero-order valence-electron chi connectivity index (χ0n) is 10.7. The molecule has 3 nitrogen and oxygen atoms in total. The summed E-state index contributed by atoms with van der Waals surface area (Å²) in [5.41, 5.74) is 4.14. The monoisotopic (exact) mass is 234 g/mol. The fraction of sp³-hybridized carbons (Fsp3) is 0.571. The molecule has 3 heteroatoms. The average molecular weight is 234 g/mol. The van der Waals surface area contributed by atoms with Crippen molar-refractivity contribution in [2.75, 3.05) is 25.5 Å². The van der Waals surface area contributed by atoms with Crippen LogP contribution in [0, 0.1) is 0 Å². The molecule has 0 fully saturated rings. The SMILES string of the molecule is CC(O)CCN(C)Cc1cccc2c1NCC2. The molecule has 1 aliphatic rings. The van der Waals surface area contributed by atoms with E-state index < -0.39 is 0 Å². The molecule has 17 heavy (non-hydrogen) atoms. The summed E-state index contributed by atoms with van der Waals surface area (Å²) in [7, 11) is 2.11. The average Bonchev–Trinajstić information content (AvgIpc) is 2.75. The maximum atomic E-state index is 9.28. The first kappa shape index (κ1) is 12.4. The smallest absolute Gasteiger partial charge is 0.0524 e. The van der Waals surface area contributed by atoms with Crippen LogP contribution >= 0.6 is 0 Å². The van der Waals surface area contributed by atoms with Gasteiger partial charge in [-0.3, -0.25) is 0 Å². The van der Waals surface area contributed by atoms with Gasteiger partial charge in [0.2, 0.25) is 0 Å². The Morgan fingerprint density at radius 1 is 1.47 bits per heavy atom. The summed E-state index contributed by atoms with van der Waals surface area (Å²) in [6.45, 7) is 4.78. The van der Waals surface area contributed by atoms with Crippen molar-refractivity contribution < 1.29 is 5.11 Å². The molecule has 94 valence electrons. The van der Waals surface area contributed by atoms with Crippen LogP contribution in [0.4, 0.5) is 5.69 Å². The zero-order valence-corrected chi connectivity index (χ0v) is 10.7. The molecule has 0 aliphatic carbocycles. The summed E-state index contributed by atoms with van der Waals surface area (Å²) >= 11 is 0. The van der Waals surface area contributed by atoms with Crippen LogP contribution in [0.15, 0.2) is 18.2 Å². The van der Waals surface area contributed by atoms with Crippen molar-refractivity contribution in [3.05, 3.63) is 29.3 Å². The van der Waals surface area contributed by atoms with E-state index in [0.717, 1.165) is 32.5 Å². The highest BCUT2D eigenvalue weighted by molar-refractivity contribution is 5.61. The van der Waals surface area contributed by atoms with E-state index in [1.165, 1.54) is 16.8 Å². The maximum Gasteiger partial charge on any atom is 0.0524 e. The Hall–Kier alpha value is -1.06. The normalized spacial score (nSPS) is 15.8. The van der Waals surface area contributed by atoms with Gasteiger partial charge in [-0.25, -0.2) is 0 Å². The van der Waals surface area contributed by atoms with Gasteiger partial charge in [0.05, 0.1) is 6.10 Å². The maximum absolute atomic E-state index is 9.28. The molecule has 1 heterocycles. The van der Waals surface area contributed by atoms with E-state index in [1.54, 1.807) is 0 Å². The Labute approximate surface area is 103 Å². The summed E-state index contributed by atoms with van der Waals surface area (Å²) in [6, 6.07) is 6.54. The lowest BCUT2D eigenvalue weighted by Gasteiger charge is -2.19. The number of nitrogens with zero attached hydrogens (tertiary/aromatic N) is 1. The number of fused-ring (bicyclic) bond motifs is 1. The molecule has 1 atom stereocenters. The van der Waals surface area contributed by atoms with Gasteiger partial charge in [-0.15, -0.1) is 0 Å². The lowest BCUT2D eigenvalue weighted by Crippen LogP contribution is -2.22. The molecule has 0 saturated heterocycles. The Bertz CT molecular complexity index is 376. The van der Waals surface area contributed by atoms with E-state index in [2.05, 4.69) is 35.5 Å². The molecular weight excluding hydrogens is 212 g/mol. The predicted molar refractivity (Wildman–Crippen MR) is 71.3 cm³/mol. The fourth-order valence-electron chi connectivity index (χ4n) is 2.32. The Morgan fingerprint density at radius 2 is 2.29 bits per heavy atom. The highest BCUT2D eigenvalue weighted by Crippen LogP contribution is 2.27. The third kappa shape index (κ3) is 3.20. The molecule has 0 bridgehead atoms. The van der Waals surface area contributed by atoms with Crippen molar-refractivity contribution in [1.82, 2.24) is 4.90 Å². The minimum absolute atomic E-state index is 0.211. The number of nitrogens with one attached hydrogen (secondary N) is 1. The van der Waals surface area contributed by atoms with Crippen LogP contribution < -0.4 is 5.32 Å². The van der Waals surface area contributed by atoms with Crippen molar-refractivity contribution in [3.63, 3.8) is 0 Å². The molecule has 0 spiro atoms. The Morgan fingerprint density at radius 3 is 3.06 bits per heavy atom. The second-order valence-corrected chi connectivity index (χ2v) is 5.00. The predicted octanol–water partition coefficient (Wildman–Crippen LogP) is 1.86. The van der Waals surface area contributed by atoms with Crippen LogP contribution in [0.2, 0.25) is 0 Å². The van der Waals surface area contributed by atoms with Gasteiger partial charge in [-0.1, -0.05) is 18.2 Å². The van der Waals surface area contributed by atoms with Crippen molar-refractivity contribution >= 4 is 5.69 Å². The van der Waals surface area contributed by atoms with Crippen molar-refractivity contribution in [2.24, 2.45) is 0 Å². The second kappa shape index (κ2) is 5.52. The van der Waals surface area contributed by atoms with E-state index in [-0.39, 0.29) is 6.10 Å². The summed E-state index contributed by atoms with van der Waals surface area (Å²) < 4.78 is 0. The van der Waals surface area contributed by atoms with E-state index in [0.29, 0.717) is 0 Å². The molecule has 1 aromatic carbocycles. The molecule has 2 rings (SSSR count). The highest BCUT2D eigenvalue weighted by Gasteiger charge is 2.14. The summed E-state index contributed by atoms with van der Waals surface area (Å²) in [4.78, 5) is 2.27. The quantitative estimate of drug-likeness (QED) is 0.816. The van der Waals surface area contributed by atoms with Crippen molar-refractivity contribution in [2.45, 2.75) is 32.4 Å². The van der Waals surface area contributed by atoms with Crippen LogP contribution in [0.5, 0.6) is 0 Å². The van der Waals surface area contributed by atoms with E-state index in [4.69, 9.17) is 0 Å². The number of rotatable bonds is 5. The highest BCUT2D eigenvalue weighted by atomic mass is 16.3. The third-order valence-electron chi connectivity index (χ3n) is 3.30. The molecule has 1 aromatic rings. The van der Waals surface area contributed by atoms with Gasteiger partial charge < -0.3 is 15.3 Å². The van der Waals surface area contributed by atoms with Crippen LogP contribution in [0.3, 0.4) is 0 Å². The van der Waals surface area contributed by atoms with Gasteiger partial charge in [-0.05, 0) is 37.9 Å². The third-order valence-corrected chi connectivity index (χ3v) is 3.30. The Kier molecular flexibility index (Phi) is 4.02. The second-order valence-electron chi connectivity index (χ2n) is 5.00. The first-order chi connectivity index (χ1) is 8.16. The topological polar surface area (TPSA) is 35.5 Å². The molecule has 0 radical (unpaired) electrons. The summed E-state index contributed by atoms with van der Waals surface area (Å²) in [6.07, 6.45) is 1.76. The number of aliphatic hydroxyl groups excluding tert-OH is 1. The molecule has 0 amide bonds. The van der Waals surface area contributed by atoms with Crippen LogP contribution in [-0.2, 0) is 13.0 Å². The van der Waals surface area contributed by atoms with Gasteiger partial charge in [0.25, 0.3) is 0 Å². The van der Waals surface area contributed by atoms with E-state index in [9.17, 15) is 5.11 Å². The number of hydrogen-bond acceptors (Lipinski definition) is 3. The molecule has 0 saturated carbocycles. The number of para-hydroxylation sites is 1. The van der Waals surface area contributed by atoms with Crippen molar-refractivity contribution in [3.8, 4) is 0 Å². The van der Waals surface area contributed by atoms with Gasteiger partial charge in [-0.2, -0.15) is 0 Å². The first-order valence-electron chi connectivity index (χ1n) is 6.38. The minimum atomic E-state index is -0.211. The molecule has 1 unspecified atom stereocenters. The van der Waals surface area contributed by atoms with Crippen LogP contribution in [0.1, 0.15) is 24.5 Å². The van der Waals surface area contributed by atoms with Crippen LogP contribution in [0.25, 0.3) is 0 Å². The first-order valence-corrected chi connectivity index (χ1v) is 6.38. The number of aliphatic hydroxyl groups is 1. The molecule has 1 aliphatic heterocycles. The van der Waals surface area contributed by atoms with Crippen LogP contribution in [-0.4, -0.2) is 36.2 Å². The van der Waals surface area contributed by atoms with E-state index in [1.807, 2.05) is 6.92 Å². The lowest BCUT2D eigenvalue weighted by molar-refractivity contribution is 0.163. The van der Waals surface area contributed by atoms with E-state index >= 15 is 0 Å². The summed E-state index contributed by atoms with van der Waals surface area (Å²) in [5.74, 6) is 0. The van der Waals surface area contributed by atoms with Gasteiger partial charge in [0.15, 0.2) is 0 Å². The van der Waals surface area contributed by atoms with Gasteiger partial charge in [0, 0.05) is 25.3 Å². The molecule has 2 N–H and O–H groups in total. The zero-order chi connectivity index (χ0) is 12.3. The fourth-order valence-corrected chi connectivity index (χ4v) is 2.32. The van der Waals surface area contributed by atoms with Gasteiger partial charge >= 0.3 is 0 Å². The molecule has 0 aromatic heterocycles. The lowest BCUT2D eigenvalue weighted by atomic mass is 10.1. The molecular formula is C14H22N2O. The van der Waals surface area contributed by atoms with Crippen molar-refractivity contribution in [1.29, 1.82) is 0 Å².